The van der Waals surface area contributed by atoms with Crippen molar-refractivity contribution in [2.24, 2.45) is 0 Å². The largest absolute Gasteiger partial charge is 0.481 e. The van der Waals surface area contributed by atoms with Gasteiger partial charge in [0.2, 0.25) is 11.2 Å². The van der Waals surface area contributed by atoms with Crippen LogP contribution >= 0.6 is 11.6 Å². The summed E-state index contributed by atoms with van der Waals surface area (Å²) in [6.07, 6.45) is 0. The predicted molar refractivity (Wildman–Crippen MR) is 143 cm³/mol. The van der Waals surface area contributed by atoms with Crippen LogP contribution in [0.1, 0.15) is 54.7 Å². The molecule has 0 aliphatic heterocycles. The fourth-order valence-corrected chi connectivity index (χ4v) is 4.01. The van der Waals surface area contributed by atoms with Crippen molar-refractivity contribution < 1.29 is 18.7 Å². The van der Waals surface area contributed by atoms with E-state index in [1.165, 1.54) is 5.56 Å². The van der Waals surface area contributed by atoms with Gasteiger partial charge in [-0.05, 0) is 60.2 Å². The zero-order valence-electron chi connectivity index (χ0n) is 21.1. The van der Waals surface area contributed by atoms with E-state index >= 15 is 0 Å². The number of benzene rings is 3. The maximum Gasteiger partial charge on any atom is 0.338 e. The van der Waals surface area contributed by atoms with Crippen molar-refractivity contribution in [2.45, 2.75) is 46.6 Å². The number of rotatable bonds is 6. The fraction of sp³-hybridized carbons (Fsp3) is 0.267. The van der Waals surface area contributed by atoms with Crippen molar-refractivity contribution >= 4 is 28.5 Å². The first-order valence-electron chi connectivity index (χ1n) is 11.8. The van der Waals surface area contributed by atoms with Crippen molar-refractivity contribution in [3.63, 3.8) is 0 Å². The minimum absolute atomic E-state index is 0.00828. The Bertz CT molecular complexity index is 1460. The van der Waals surface area contributed by atoms with Gasteiger partial charge >= 0.3 is 5.97 Å². The van der Waals surface area contributed by atoms with Crippen molar-refractivity contribution in [3.8, 4) is 17.1 Å². The molecule has 36 heavy (non-hydrogen) atoms. The molecule has 0 saturated heterocycles. The minimum atomic E-state index is -0.381. The van der Waals surface area contributed by atoms with Crippen LogP contribution in [0.2, 0.25) is 5.02 Å². The summed E-state index contributed by atoms with van der Waals surface area (Å²) in [5.41, 5.74) is 4.11. The van der Waals surface area contributed by atoms with E-state index in [9.17, 15) is 9.59 Å². The maximum atomic E-state index is 13.5. The molecular formula is C30H29ClO5. The van der Waals surface area contributed by atoms with Crippen molar-refractivity contribution in [3.05, 3.63) is 98.2 Å². The number of hydrogen-bond donors (Lipinski definition) is 0. The first kappa shape index (κ1) is 25.5. The highest BCUT2D eigenvalue weighted by Crippen LogP contribution is 2.34. The van der Waals surface area contributed by atoms with Crippen LogP contribution in [0.15, 0.2) is 69.9 Å². The molecular weight excluding hydrogens is 476 g/mol. The van der Waals surface area contributed by atoms with Gasteiger partial charge in [0, 0.05) is 10.6 Å². The summed E-state index contributed by atoms with van der Waals surface area (Å²) in [4.78, 5) is 25.5. The van der Waals surface area contributed by atoms with E-state index in [4.69, 9.17) is 25.5 Å². The zero-order chi connectivity index (χ0) is 26.0. The normalized spacial score (nSPS) is 11.5. The van der Waals surface area contributed by atoms with E-state index in [2.05, 4.69) is 20.8 Å². The minimum Gasteiger partial charge on any atom is -0.481 e. The van der Waals surface area contributed by atoms with Crippen LogP contribution in [0.25, 0.3) is 22.3 Å². The van der Waals surface area contributed by atoms with Gasteiger partial charge in [0.25, 0.3) is 0 Å². The third-order valence-electron chi connectivity index (χ3n) is 5.99. The molecule has 0 bridgehead atoms. The molecule has 0 radical (unpaired) electrons. The number of carbonyl (C=O) groups is 1. The van der Waals surface area contributed by atoms with Gasteiger partial charge in [-0.15, -0.1) is 0 Å². The average molecular weight is 505 g/mol. The summed E-state index contributed by atoms with van der Waals surface area (Å²) in [6, 6.07) is 18.2. The Hall–Kier alpha value is -3.57. The second-order valence-electron chi connectivity index (χ2n) is 9.72. The monoisotopic (exact) mass is 504 g/mol. The second-order valence-corrected chi connectivity index (χ2v) is 10.1. The van der Waals surface area contributed by atoms with Crippen molar-refractivity contribution in [2.75, 3.05) is 6.61 Å². The van der Waals surface area contributed by atoms with E-state index < -0.39 is 0 Å². The second kappa shape index (κ2) is 10.2. The average Bonchev–Trinajstić information content (AvgIpc) is 2.84. The summed E-state index contributed by atoms with van der Waals surface area (Å²) in [7, 11) is 0. The van der Waals surface area contributed by atoms with Crippen LogP contribution < -0.4 is 10.2 Å². The number of aryl methyl sites for hydroxylation is 1. The molecule has 0 spiro atoms. The number of esters is 1. The molecule has 0 fully saturated rings. The zero-order valence-corrected chi connectivity index (χ0v) is 21.9. The third kappa shape index (κ3) is 5.31. The Balaban J connectivity index is 1.75. The molecule has 6 heteroatoms. The molecule has 0 N–H and O–H groups in total. The highest BCUT2D eigenvalue weighted by molar-refractivity contribution is 6.32. The molecule has 5 nitrogen and oxygen atoms in total. The molecule has 0 unspecified atom stereocenters. The Kier molecular flexibility index (Phi) is 7.23. The van der Waals surface area contributed by atoms with E-state index in [0.717, 1.165) is 16.7 Å². The quantitative estimate of drug-likeness (QED) is 0.255. The van der Waals surface area contributed by atoms with Gasteiger partial charge in [0.15, 0.2) is 5.76 Å². The van der Waals surface area contributed by atoms with Crippen LogP contribution in [-0.2, 0) is 16.8 Å². The maximum absolute atomic E-state index is 13.5. The third-order valence-corrected chi connectivity index (χ3v) is 6.40. The summed E-state index contributed by atoms with van der Waals surface area (Å²) in [5, 5.41) is 0.839. The van der Waals surface area contributed by atoms with Gasteiger partial charge in [0.1, 0.15) is 12.2 Å². The molecule has 186 valence electrons. The van der Waals surface area contributed by atoms with E-state index in [1.807, 2.05) is 31.2 Å². The summed E-state index contributed by atoms with van der Waals surface area (Å²) >= 11 is 6.31. The SMILES string of the molecule is CCOC(=O)c1ccc(COc2c(-c3ccc(C(C)(C)C)cc3)oc3cc(C)c(Cl)cc3c2=O)cc1. The van der Waals surface area contributed by atoms with E-state index in [-0.39, 0.29) is 29.2 Å². The lowest BCUT2D eigenvalue weighted by Crippen LogP contribution is -2.12. The van der Waals surface area contributed by atoms with Gasteiger partial charge < -0.3 is 13.9 Å². The first-order valence-corrected chi connectivity index (χ1v) is 12.2. The van der Waals surface area contributed by atoms with Crippen LogP contribution in [0.5, 0.6) is 5.75 Å². The highest BCUT2D eigenvalue weighted by atomic mass is 35.5. The summed E-state index contributed by atoms with van der Waals surface area (Å²) < 4.78 is 17.3. The number of halogens is 1. The van der Waals surface area contributed by atoms with Crippen molar-refractivity contribution in [1.29, 1.82) is 0 Å². The molecule has 0 aliphatic rings. The fourth-order valence-electron chi connectivity index (χ4n) is 3.85. The molecule has 4 rings (SSSR count). The lowest BCUT2D eigenvalue weighted by atomic mass is 9.86. The number of ether oxygens (including phenoxy) is 2. The Labute approximate surface area is 215 Å². The number of hydrogen-bond acceptors (Lipinski definition) is 5. The molecule has 3 aromatic carbocycles. The first-order chi connectivity index (χ1) is 17.1. The van der Waals surface area contributed by atoms with Crippen LogP contribution in [0.4, 0.5) is 0 Å². The van der Waals surface area contributed by atoms with Gasteiger partial charge in [-0.25, -0.2) is 4.79 Å². The lowest BCUT2D eigenvalue weighted by molar-refractivity contribution is 0.0526. The number of carbonyl (C=O) groups excluding carboxylic acids is 1. The van der Waals surface area contributed by atoms with Gasteiger partial charge in [-0.2, -0.15) is 0 Å². The Morgan fingerprint density at radius 1 is 1.00 bits per heavy atom. The lowest BCUT2D eigenvalue weighted by Gasteiger charge is -2.19. The van der Waals surface area contributed by atoms with E-state index in [0.29, 0.717) is 33.9 Å². The van der Waals surface area contributed by atoms with Crippen LogP contribution in [-0.4, -0.2) is 12.6 Å². The number of fused-ring (bicyclic) bond motifs is 1. The molecule has 0 aliphatic carbocycles. The predicted octanol–water partition coefficient (Wildman–Crippen LogP) is 7.48. The molecule has 0 atom stereocenters. The smallest absolute Gasteiger partial charge is 0.338 e. The van der Waals surface area contributed by atoms with E-state index in [1.54, 1.807) is 43.3 Å². The van der Waals surface area contributed by atoms with Gasteiger partial charge in [-0.1, -0.05) is 68.8 Å². The van der Waals surface area contributed by atoms with Gasteiger partial charge in [-0.3, -0.25) is 4.79 Å². The molecule has 0 saturated carbocycles. The topological polar surface area (TPSA) is 65.7 Å². The van der Waals surface area contributed by atoms with Crippen LogP contribution in [0, 0.1) is 6.92 Å². The van der Waals surface area contributed by atoms with Crippen molar-refractivity contribution in [1.82, 2.24) is 0 Å². The Morgan fingerprint density at radius 2 is 1.67 bits per heavy atom. The molecule has 1 heterocycles. The molecule has 0 amide bonds. The highest BCUT2D eigenvalue weighted by Gasteiger charge is 2.20. The van der Waals surface area contributed by atoms with Gasteiger partial charge in [0.05, 0.1) is 17.6 Å². The molecule has 1 aromatic heterocycles. The summed E-state index contributed by atoms with van der Waals surface area (Å²) in [5.74, 6) is 0.0894. The Morgan fingerprint density at radius 3 is 2.28 bits per heavy atom. The van der Waals surface area contributed by atoms with Crippen LogP contribution in [0.3, 0.4) is 0 Å². The summed E-state index contributed by atoms with van der Waals surface area (Å²) in [6.45, 7) is 10.5. The standard InChI is InChI=1S/C30H29ClO5/c1-6-34-29(33)21-9-7-19(8-10-21)17-35-28-26(32)23-16-24(31)18(2)15-25(23)36-27(28)20-11-13-22(14-12-20)30(3,4)5/h7-16H,6,17H2,1-5H3. The molecule has 4 aromatic rings.